The van der Waals surface area contributed by atoms with Crippen molar-refractivity contribution in [3.05, 3.63) is 53.4 Å². The zero-order chi connectivity index (χ0) is 18.5. The fraction of sp³-hybridized carbons (Fsp3) is 0.421. The van der Waals surface area contributed by atoms with Crippen molar-refractivity contribution < 1.29 is 9.59 Å². The first kappa shape index (κ1) is 18.0. The molecule has 2 aromatic heterocycles. The van der Waals surface area contributed by atoms with Crippen LogP contribution >= 0.6 is 0 Å². The molecule has 2 amide bonds. The molecule has 1 aliphatic rings. The van der Waals surface area contributed by atoms with Crippen LogP contribution in [-0.2, 0) is 11.3 Å². The minimum Gasteiger partial charge on any atom is -0.346 e. The molecule has 0 saturated carbocycles. The summed E-state index contributed by atoms with van der Waals surface area (Å²) in [5.74, 6) is 0.201. The molecule has 7 nitrogen and oxygen atoms in total. The molecule has 3 rings (SSSR count). The predicted octanol–water partition coefficient (Wildman–Crippen LogP) is 1.84. The Morgan fingerprint density at radius 1 is 1.15 bits per heavy atom. The number of nitrogens with zero attached hydrogens (tertiary/aromatic N) is 4. The molecule has 1 fully saturated rings. The highest BCUT2D eigenvalue weighted by Gasteiger charge is 2.25. The number of hydrogen-bond donors (Lipinski definition) is 1. The van der Waals surface area contributed by atoms with Gasteiger partial charge in [0.2, 0.25) is 5.91 Å². The van der Waals surface area contributed by atoms with Gasteiger partial charge in [0.15, 0.2) is 0 Å². The van der Waals surface area contributed by atoms with Gasteiger partial charge >= 0.3 is 0 Å². The SMILES string of the molecule is CC(=O)N1CCC(c2nccnc2CNC(=O)c2cccnc2C)CC1. The second kappa shape index (κ2) is 8.03. The number of carbonyl (C=O) groups is 2. The zero-order valence-corrected chi connectivity index (χ0v) is 15.1. The smallest absolute Gasteiger partial charge is 0.253 e. The van der Waals surface area contributed by atoms with Crippen LogP contribution in [0.25, 0.3) is 0 Å². The summed E-state index contributed by atoms with van der Waals surface area (Å²) in [6.45, 7) is 5.20. The number of likely N-dealkylation sites (tertiary alicyclic amines) is 1. The van der Waals surface area contributed by atoms with Crippen LogP contribution in [-0.4, -0.2) is 44.8 Å². The molecule has 2 aromatic rings. The van der Waals surface area contributed by atoms with Crippen LogP contribution in [0.4, 0.5) is 0 Å². The topological polar surface area (TPSA) is 88.1 Å². The van der Waals surface area contributed by atoms with Crippen molar-refractivity contribution in [1.29, 1.82) is 0 Å². The molecule has 0 aliphatic carbocycles. The van der Waals surface area contributed by atoms with Gasteiger partial charge in [-0.15, -0.1) is 0 Å². The minimum absolute atomic E-state index is 0.113. The Morgan fingerprint density at radius 3 is 2.58 bits per heavy atom. The van der Waals surface area contributed by atoms with Crippen molar-refractivity contribution in [2.24, 2.45) is 0 Å². The number of pyridine rings is 1. The largest absolute Gasteiger partial charge is 0.346 e. The third-order valence-electron chi connectivity index (χ3n) is 4.80. The van der Waals surface area contributed by atoms with E-state index in [9.17, 15) is 9.59 Å². The monoisotopic (exact) mass is 353 g/mol. The number of rotatable bonds is 4. The summed E-state index contributed by atoms with van der Waals surface area (Å²) in [6.07, 6.45) is 6.72. The van der Waals surface area contributed by atoms with Gasteiger partial charge < -0.3 is 10.2 Å². The third kappa shape index (κ3) is 4.04. The van der Waals surface area contributed by atoms with Crippen molar-refractivity contribution in [3.8, 4) is 0 Å². The van der Waals surface area contributed by atoms with Gasteiger partial charge in [0.25, 0.3) is 5.91 Å². The van der Waals surface area contributed by atoms with Crippen LogP contribution in [0.1, 0.15) is 53.1 Å². The van der Waals surface area contributed by atoms with Gasteiger partial charge in [-0.1, -0.05) is 0 Å². The average Bonchev–Trinajstić information content (AvgIpc) is 2.67. The van der Waals surface area contributed by atoms with Crippen molar-refractivity contribution in [2.45, 2.75) is 39.2 Å². The fourth-order valence-corrected chi connectivity index (χ4v) is 3.31. The molecule has 3 heterocycles. The Hall–Kier alpha value is -2.83. The molecule has 1 N–H and O–H groups in total. The molecule has 0 atom stereocenters. The lowest BCUT2D eigenvalue weighted by molar-refractivity contribution is -0.129. The Kier molecular flexibility index (Phi) is 5.55. The molecule has 1 saturated heterocycles. The third-order valence-corrected chi connectivity index (χ3v) is 4.80. The van der Waals surface area contributed by atoms with E-state index in [0.717, 1.165) is 37.3 Å². The molecule has 0 radical (unpaired) electrons. The molecule has 136 valence electrons. The standard InChI is InChI=1S/C19H23N5O2/c1-13-16(4-3-7-20-13)19(26)23-12-17-18(22-9-8-21-17)15-5-10-24(11-6-15)14(2)25/h3-4,7-9,15H,5-6,10-12H2,1-2H3,(H,23,26). The van der Waals surface area contributed by atoms with E-state index in [1.54, 1.807) is 37.6 Å². The summed E-state index contributed by atoms with van der Waals surface area (Å²) in [6, 6.07) is 3.51. The van der Waals surface area contributed by atoms with Gasteiger partial charge in [-0.2, -0.15) is 0 Å². The minimum atomic E-state index is -0.168. The van der Waals surface area contributed by atoms with E-state index in [1.807, 2.05) is 11.8 Å². The number of amides is 2. The van der Waals surface area contributed by atoms with E-state index in [2.05, 4.69) is 20.3 Å². The molecule has 0 bridgehead atoms. The Labute approximate surface area is 152 Å². The highest BCUT2D eigenvalue weighted by molar-refractivity contribution is 5.95. The number of aromatic nitrogens is 3. The van der Waals surface area contributed by atoms with Gasteiger partial charge in [0.1, 0.15) is 0 Å². The quantitative estimate of drug-likeness (QED) is 0.906. The summed E-state index contributed by atoms with van der Waals surface area (Å²) in [4.78, 5) is 38.8. The fourth-order valence-electron chi connectivity index (χ4n) is 3.31. The van der Waals surface area contributed by atoms with Crippen LogP contribution in [0.3, 0.4) is 0 Å². The van der Waals surface area contributed by atoms with Gasteiger partial charge in [-0.25, -0.2) is 0 Å². The van der Waals surface area contributed by atoms with Gasteiger partial charge in [0, 0.05) is 50.2 Å². The molecule has 1 aliphatic heterocycles. The molecule has 26 heavy (non-hydrogen) atoms. The Balaban J connectivity index is 1.67. The van der Waals surface area contributed by atoms with Crippen molar-refractivity contribution >= 4 is 11.8 Å². The van der Waals surface area contributed by atoms with Crippen LogP contribution in [0.2, 0.25) is 0 Å². The summed E-state index contributed by atoms with van der Waals surface area (Å²) in [5.41, 5.74) is 2.95. The Bertz CT molecular complexity index is 800. The van der Waals surface area contributed by atoms with Crippen molar-refractivity contribution in [3.63, 3.8) is 0 Å². The maximum atomic E-state index is 12.4. The maximum absolute atomic E-state index is 12.4. The van der Waals surface area contributed by atoms with Crippen molar-refractivity contribution in [2.75, 3.05) is 13.1 Å². The Morgan fingerprint density at radius 2 is 1.88 bits per heavy atom. The van der Waals surface area contributed by atoms with E-state index >= 15 is 0 Å². The van der Waals surface area contributed by atoms with Crippen LogP contribution in [0.15, 0.2) is 30.7 Å². The average molecular weight is 353 g/mol. The number of piperidine rings is 1. The molecular weight excluding hydrogens is 330 g/mol. The van der Waals surface area contributed by atoms with E-state index < -0.39 is 0 Å². The van der Waals surface area contributed by atoms with Gasteiger partial charge in [-0.05, 0) is 31.9 Å². The van der Waals surface area contributed by atoms with E-state index in [0.29, 0.717) is 17.8 Å². The molecule has 0 spiro atoms. The number of aryl methyl sites for hydroxylation is 1. The van der Waals surface area contributed by atoms with E-state index in [1.165, 1.54) is 0 Å². The van der Waals surface area contributed by atoms with Gasteiger partial charge in [-0.3, -0.25) is 24.5 Å². The number of hydrogen-bond acceptors (Lipinski definition) is 5. The van der Waals surface area contributed by atoms with E-state index in [4.69, 9.17) is 0 Å². The van der Waals surface area contributed by atoms with E-state index in [-0.39, 0.29) is 17.7 Å². The first-order valence-electron chi connectivity index (χ1n) is 8.81. The first-order chi connectivity index (χ1) is 12.6. The summed E-state index contributed by atoms with van der Waals surface area (Å²) in [7, 11) is 0. The first-order valence-corrected chi connectivity index (χ1v) is 8.81. The van der Waals surface area contributed by atoms with Crippen LogP contribution < -0.4 is 5.32 Å². The van der Waals surface area contributed by atoms with Crippen LogP contribution in [0.5, 0.6) is 0 Å². The lowest BCUT2D eigenvalue weighted by Crippen LogP contribution is -2.37. The normalized spacial score (nSPS) is 14.9. The lowest BCUT2D eigenvalue weighted by Gasteiger charge is -2.31. The summed E-state index contributed by atoms with van der Waals surface area (Å²) < 4.78 is 0. The van der Waals surface area contributed by atoms with Crippen molar-refractivity contribution in [1.82, 2.24) is 25.2 Å². The highest BCUT2D eigenvalue weighted by atomic mass is 16.2. The van der Waals surface area contributed by atoms with Gasteiger partial charge in [0.05, 0.1) is 23.5 Å². The highest BCUT2D eigenvalue weighted by Crippen LogP contribution is 2.28. The second-order valence-electron chi connectivity index (χ2n) is 6.49. The maximum Gasteiger partial charge on any atom is 0.253 e. The number of carbonyl (C=O) groups excluding carboxylic acids is 2. The predicted molar refractivity (Wildman–Crippen MR) is 96.4 cm³/mol. The van der Waals surface area contributed by atoms with Crippen LogP contribution in [0, 0.1) is 6.92 Å². The molecule has 0 unspecified atom stereocenters. The molecule has 0 aromatic carbocycles. The zero-order valence-electron chi connectivity index (χ0n) is 15.1. The number of nitrogens with one attached hydrogen (secondary N) is 1. The summed E-state index contributed by atoms with van der Waals surface area (Å²) in [5, 5.41) is 2.92. The lowest BCUT2D eigenvalue weighted by atomic mass is 9.92. The molecule has 7 heteroatoms. The summed E-state index contributed by atoms with van der Waals surface area (Å²) >= 11 is 0. The second-order valence-corrected chi connectivity index (χ2v) is 6.49. The molecular formula is C19H23N5O2.